The Kier molecular flexibility index (Phi) is 7.12. The molecule has 0 saturated heterocycles. The van der Waals surface area contributed by atoms with E-state index in [0.29, 0.717) is 45.2 Å². The maximum atomic E-state index is 14.1. The van der Waals surface area contributed by atoms with Crippen LogP contribution in [0.15, 0.2) is 70.4 Å². The lowest BCUT2D eigenvalue weighted by molar-refractivity contribution is -0.384. The Bertz CT molecular complexity index is 1570. The summed E-state index contributed by atoms with van der Waals surface area (Å²) in [6.07, 6.45) is -0.691. The van der Waals surface area contributed by atoms with Crippen LogP contribution < -0.4 is 24.5 Å². The van der Waals surface area contributed by atoms with Gasteiger partial charge >= 0.3 is 0 Å². The van der Waals surface area contributed by atoms with E-state index >= 15 is 0 Å². The highest BCUT2D eigenvalue weighted by Gasteiger charge is 2.24. The molecule has 0 radical (unpaired) electrons. The Hall–Kier alpha value is -4.22. The third-order valence-electron chi connectivity index (χ3n) is 6.23. The van der Waals surface area contributed by atoms with E-state index in [1.54, 1.807) is 28.8 Å². The summed E-state index contributed by atoms with van der Waals surface area (Å²) in [4.78, 5) is 25.5. The number of methoxy groups -OCH3 is 3. The largest absolute Gasteiger partial charge is 0.493 e. The van der Waals surface area contributed by atoms with Crippen LogP contribution in [0.5, 0.6) is 23.0 Å². The number of nitro benzene ring substituents is 1. The van der Waals surface area contributed by atoms with E-state index in [1.165, 1.54) is 45.2 Å². The van der Waals surface area contributed by atoms with Gasteiger partial charge in [-0.1, -0.05) is 6.07 Å². The first kappa shape index (κ1) is 25.4. The first-order valence-electron chi connectivity index (χ1n) is 11.6. The van der Waals surface area contributed by atoms with Crippen molar-refractivity contribution in [2.24, 2.45) is 0 Å². The Morgan fingerprint density at radius 3 is 2.45 bits per heavy atom. The van der Waals surface area contributed by atoms with Crippen LogP contribution in [-0.4, -0.2) is 43.4 Å². The van der Waals surface area contributed by atoms with Crippen molar-refractivity contribution in [3.05, 3.63) is 81.1 Å². The molecule has 1 aliphatic rings. The summed E-state index contributed by atoms with van der Waals surface area (Å²) in [6, 6.07) is 17.2. The lowest BCUT2D eigenvalue weighted by Gasteiger charge is -2.24. The molecule has 4 aromatic rings. The van der Waals surface area contributed by atoms with Crippen LogP contribution in [0.1, 0.15) is 6.23 Å². The highest BCUT2D eigenvalue weighted by atomic mass is 32.2. The zero-order valence-corrected chi connectivity index (χ0v) is 21.7. The molecule has 1 aliphatic heterocycles. The average molecular weight is 537 g/mol. The smallest absolute Gasteiger partial charge is 0.269 e. The van der Waals surface area contributed by atoms with Gasteiger partial charge in [-0.15, -0.1) is 11.8 Å². The summed E-state index contributed by atoms with van der Waals surface area (Å²) in [5.74, 6) is 2.34. The van der Waals surface area contributed by atoms with E-state index in [2.05, 4.69) is 0 Å². The number of aromatic nitrogens is 1. The topological polar surface area (TPSA) is 111 Å². The number of non-ortho nitro benzene ring substituents is 1. The monoisotopic (exact) mass is 536 g/mol. The fourth-order valence-corrected chi connectivity index (χ4v) is 5.32. The predicted molar refractivity (Wildman–Crippen MR) is 143 cm³/mol. The molecular weight excluding hydrogens is 512 g/mol. The number of ether oxygens (including phenoxy) is 5. The molecule has 3 aromatic carbocycles. The van der Waals surface area contributed by atoms with E-state index in [-0.39, 0.29) is 18.0 Å². The molecule has 0 bridgehead atoms. The minimum Gasteiger partial charge on any atom is -0.493 e. The maximum absolute atomic E-state index is 14.1. The van der Waals surface area contributed by atoms with E-state index in [4.69, 9.17) is 23.7 Å². The summed E-state index contributed by atoms with van der Waals surface area (Å²) in [5, 5.41) is 12.0. The molecule has 5 rings (SSSR count). The minimum absolute atomic E-state index is 0.00882. The van der Waals surface area contributed by atoms with E-state index < -0.39 is 11.2 Å². The van der Waals surface area contributed by atoms with E-state index in [1.807, 2.05) is 24.3 Å². The minimum atomic E-state index is -0.691. The van der Waals surface area contributed by atoms with Crippen LogP contribution in [0, 0.1) is 10.1 Å². The first-order chi connectivity index (χ1) is 18.4. The van der Waals surface area contributed by atoms with Gasteiger partial charge < -0.3 is 23.7 Å². The number of rotatable bonds is 9. The van der Waals surface area contributed by atoms with Crippen molar-refractivity contribution in [2.75, 3.05) is 33.9 Å². The zero-order valence-electron chi connectivity index (χ0n) is 20.8. The number of nitro groups is 1. The number of thioether (sulfide) groups is 1. The fraction of sp³-hybridized carbons (Fsp3) is 0.222. The lowest BCUT2D eigenvalue weighted by Crippen LogP contribution is -2.29. The van der Waals surface area contributed by atoms with Gasteiger partial charge in [0, 0.05) is 35.5 Å². The zero-order chi connectivity index (χ0) is 26.8. The molecule has 1 atom stereocenters. The van der Waals surface area contributed by atoms with Gasteiger partial charge in [0.1, 0.15) is 6.23 Å². The number of hydrogen-bond donors (Lipinski definition) is 0. The van der Waals surface area contributed by atoms with Gasteiger partial charge in [-0.25, -0.2) is 0 Å². The third kappa shape index (κ3) is 4.61. The summed E-state index contributed by atoms with van der Waals surface area (Å²) < 4.78 is 29.5. The summed E-state index contributed by atoms with van der Waals surface area (Å²) >= 11 is 1.42. The van der Waals surface area contributed by atoms with Gasteiger partial charge in [0.25, 0.3) is 11.2 Å². The van der Waals surface area contributed by atoms with Gasteiger partial charge in [-0.2, -0.15) is 0 Å². The molecule has 0 fully saturated rings. The van der Waals surface area contributed by atoms with Crippen LogP contribution in [0.25, 0.3) is 22.0 Å². The van der Waals surface area contributed by atoms with Crippen molar-refractivity contribution < 1.29 is 28.6 Å². The van der Waals surface area contributed by atoms with Crippen LogP contribution >= 0.6 is 11.8 Å². The van der Waals surface area contributed by atoms with Crippen molar-refractivity contribution in [1.82, 2.24) is 4.57 Å². The van der Waals surface area contributed by atoms with E-state index in [0.717, 1.165) is 10.5 Å². The van der Waals surface area contributed by atoms with Crippen molar-refractivity contribution in [2.45, 2.75) is 11.1 Å². The maximum Gasteiger partial charge on any atom is 0.269 e. The number of nitrogens with zero attached hydrogens (tertiary/aromatic N) is 2. The van der Waals surface area contributed by atoms with Crippen LogP contribution in [0.3, 0.4) is 0 Å². The quantitative estimate of drug-likeness (QED) is 0.161. The van der Waals surface area contributed by atoms with Crippen molar-refractivity contribution in [3.63, 3.8) is 0 Å². The summed E-state index contributed by atoms with van der Waals surface area (Å²) in [6.45, 7) is 0.132. The molecule has 0 saturated carbocycles. The molecule has 0 N–H and O–H groups in total. The van der Waals surface area contributed by atoms with Gasteiger partial charge in [-0.05, 0) is 47.9 Å². The molecule has 196 valence electrons. The molecule has 0 spiro atoms. The highest BCUT2D eigenvalue weighted by Crippen LogP contribution is 2.39. The van der Waals surface area contributed by atoms with Gasteiger partial charge in [-0.3, -0.25) is 19.5 Å². The Morgan fingerprint density at radius 2 is 1.76 bits per heavy atom. The van der Waals surface area contributed by atoms with Crippen molar-refractivity contribution >= 4 is 28.2 Å². The average Bonchev–Trinajstić information content (AvgIpc) is 3.41. The number of pyridine rings is 1. The molecule has 0 aliphatic carbocycles. The highest BCUT2D eigenvalue weighted by molar-refractivity contribution is 7.99. The summed E-state index contributed by atoms with van der Waals surface area (Å²) in [7, 11) is 4.54. The van der Waals surface area contributed by atoms with E-state index in [9.17, 15) is 14.9 Å². The van der Waals surface area contributed by atoms with Gasteiger partial charge in [0.2, 0.25) is 6.79 Å². The molecule has 11 heteroatoms. The Labute approximate surface area is 221 Å². The molecule has 0 amide bonds. The third-order valence-corrected chi connectivity index (χ3v) is 7.29. The van der Waals surface area contributed by atoms with Gasteiger partial charge in [0.05, 0.1) is 30.2 Å². The molecule has 2 heterocycles. The normalized spacial score (nSPS) is 12.9. The van der Waals surface area contributed by atoms with Crippen molar-refractivity contribution in [1.29, 1.82) is 0 Å². The molecular formula is C27H24N2O8S. The van der Waals surface area contributed by atoms with Crippen LogP contribution in [0.2, 0.25) is 0 Å². The molecule has 0 unspecified atom stereocenters. The first-order valence-corrected chi connectivity index (χ1v) is 12.5. The number of hydrogen-bond acceptors (Lipinski definition) is 9. The van der Waals surface area contributed by atoms with Crippen LogP contribution in [0.4, 0.5) is 5.69 Å². The summed E-state index contributed by atoms with van der Waals surface area (Å²) in [5.41, 5.74) is 1.05. The molecule has 10 nitrogen and oxygen atoms in total. The SMILES string of the molecule is COc1ccc2cc(-c3ccc4c(c3)OCO4)n([C@@H](CSc3ccc([N+](=O)[O-])cc3)OC)c(=O)c2c1OC. The standard InChI is InChI=1S/C27H24N2O8S/c1-33-22-11-5-17-12-20(16-4-10-21-23(13-16)37-15-36-21)28(27(30)25(17)26(22)35-3)24(34-2)14-38-19-8-6-18(7-9-19)29(31)32/h4-13,24H,14-15H2,1-3H3/t24-/m1/s1. The number of fused-ring (bicyclic) bond motifs is 2. The second-order valence-electron chi connectivity index (χ2n) is 8.29. The van der Waals surface area contributed by atoms with Gasteiger partial charge in [0.15, 0.2) is 23.0 Å². The lowest BCUT2D eigenvalue weighted by atomic mass is 10.0. The molecule has 38 heavy (non-hydrogen) atoms. The van der Waals surface area contributed by atoms with Crippen molar-refractivity contribution in [3.8, 4) is 34.3 Å². The van der Waals surface area contributed by atoms with Crippen LogP contribution in [-0.2, 0) is 4.74 Å². The molecule has 1 aromatic heterocycles. The predicted octanol–water partition coefficient (Wildman–Crippen LogP) is 5.26. The Morgan fingerprint density at radius 1 is 1.00 bits per heavy atom. The number of benzene rings is 3. The second-order valence-corrected chi connectivity index (χ2v) is 9.38. The Balaban J connectivity index is 1.64. The fourth-order valence-electron chi connectivity index (χ4n) is 4.37. The second kappa shape index (κ2) is 10.6.